The Morgan fingerprint density at radius 3 is 3.06 bits per heavy atom. The van der Waals surface area contributed by atoms with Crippen LogP contribution in [0.15, 0.2) is 15.9 Å². The number of rotatable bonds is 5. The average Bonchev–Trinajstić information content (AvgIpc) is 2.92. The predicted molar refractivity (Wildman–Crippen MR) is 75.3 cm³/mol. The molecule has 1 aliphatic heterocycles. The molecule has 0 bridgehead atoms. The summed E-state index contributed by atoms with van der Waals surface area (Å²) in [5.41, 5.74) is 5.88. The van der Waals surface area contributed by atoms with Gasteiger partial charge >= 0.3 is 0 Å². The van der Waals surface area contributed by atoms with Crippen LogP contribution in [0.2, 0.25) is 0 Å². The maximum Gasteiger partial charge on any atom is 0.0743 e. The van der Waals surface area contributed by atoms with Crippen molar-refractivity contribution in [3.05, 3.63) is 20.8 Å². The van der Waals surface area contributed by atoms with Crippen LogP contribution in [-0.2, 0) is 11.3 Å². The van der Waals surface area contributed by atoms with Crippen LogP contribution in [0, 0.1) is 0 Å². The zero-order chi connectivity index (χ0) is 12.3. The van der Waals surface area contributed by atoms with Crippen molar-refractivity contribution in [1.29, 1.82) is 0 Å². The normalized spacial score (nSPS) is 22.2. The van der Waals surface area contributed by atoms with E-state index in [0.29, 0.717) is 18.7 Å². The van der Waals surface area contributed by atoms with Crippen LogP contribution in [0.1, 0.15) is 17.7 Å². The molecule has 3 nitrogen and oxygen atoms in total. The highest BCUT2D eigenvalue weighted by Crippen LogP contribution is 2.24. The zero-order valence-electron chi connectivity index (χ0n) is 10.1. The maximum absolute atomic E-state index is 5.88. The van der Waals surface area contributed by atoms with Gasteiger partial charge in [-0.15, -0.1) is 11.3 Å². The molecule has 0 aromatic carbocycles. The number of likely N-dealkylation sites (N-methyl/N-ethyl adjacent to an activating group) is 1. The third-order valence-corrected chi connectivity index (χ3v) is 4.91. The van der Waals surface area contributed by atoms with E-state index in [0.717, 1.165) is 24.0 Å². The molecule has 0 amide bonds. The quantitative estimate of drug-likeness (QED) is 0.906. The molecule has 0 aliphatic carbocycles. The van der Waals surface area contributed by atoms with E-state index >= 15 is 0 Å². The number of hydrogen-bond donors (Lipinski definition) is 1. The second kappa shape index (κ2) is 6.29. The van der Waals surface area contributed by atoms with Gasteiger partial charge < -0.3 is 10.5 Å². The fourth-order valence-electron chi connectivity index (χ4n) is 2.32. The van der Waals surface area contributed by atoms with Gasteiger partial charge in [0.2, 0.25) is 0 Å². The number of thiophene rings is 1. The smallest absolute Gasteiger partial charge is 0.0743 e. The van der Waals surface area contributed by atoms with Crippen LogP contribution in [-0.4, -0.2) is 37.2 Å². The summed E-state index contributed by atoms with van der Waals surface area (Å²) < 4.78 is 6.90. The molecule has 2 heterocycles. The molecule has 1 saturated heterocycles. The van der Waals surface area contributed by atoms with Gasteiger partial charge in [-0.3, -0.25) is 4.90 Å². The van der Waals surface area contributed by atoms with E-state index in [2.05, 4.69) is 39.3 Å². The van der Waals surface area contributed by atoms with Crippen LogP contribution in [0.3, 0.4) is 0 Å². The fourth-order valence-corrected chi connectivity index (χ4v) is 3.83. The molecule has 0 spiro atoms. The number of hydrogen-bond acceptors (Lipinski definition) is 4. The molecule has 2 unspecified atom stereocenters. The molecule has 5 heteroatoms. The van der Waals surface area contributed by atoms with Crippen LogP contribution < -0.4 is 5.73 Å². The second-order valence-electron chi connectivity index (χ2n) is 4.50. The second-order valence-corrected chi connectivity index (χ2v) is 6.41. The highest BCUT2D eigenvalue weighted by atomic mass is 79.9. The summed E-state index contributed by atoms with van der Waals surface area (Å²) in [6.45, 7) is 2.49. The monoisotopic (exact) mass is 318 g/mol. The Hall–Kier alpha value is 0.0600. The van der Waals surface area contributed by atoms with E-state index in [4.69, 9.17) is 10.5 Å². The van der Waals surface area contributed by atoms with Crippen molar-refractivity contribution in [2.45, 2.75) is 31.5 Å². The fraction of sp³-hybridized carbons (Fsp3) is 0.667. The largest absolute Gasteiger partial charge is 0.377 e. The third-order valence-electron chi connectivity index (χ3n) is 3.23. The van der Waals surface area contributed by atoms with Gasteiger partial charge in [0.1, 0.15) is 0 Å². The summed E-state index contributed by atoms with van der Waals surface area (Å²) in [5.74, 6) is 0. The molecular weight excluding hydrogens is 300 g/mol. The minimum Gasteiger partial charge on any atom is -0.377 e. The van der Waals surface area contributed by atoms with Crippen molar-refractivity contribution in [2.24, 2.45) is 5.73 Å². The lowest BCUT2D eigenvalue weighted by Crippen LogP contribution is -2.45. The van der Waals surface area contributed by atoms with Gasteiger partial charge in [-0.2, -0.15) is 0 Å². The number of nitrogens with zero attached hydrogens (tertiary/aromatic N) is 1. The Balaban J connectivity index is 1.94. The van der Waals surface area contributed by atoms with Gasteiger partial charge in [0.05, 0.1) is 6.10 Å². The Morgan fingerprint density at radius 2 is 2.53 bits per heavy atom. The van der Waals surface area contributed by atoms with Gasteiger partial charge in [0.25, 0.3) is 0 Å². The van der Waals surface area contributed by atoms with Crippen LogP contribution in [0.5, 0.6) is 0 Å². The summed E-state index contributed by atoms with van der Waals surface area (Å²) in [6, 6.07) is 2.50. The minimum absolute atomic E-state index is 0.313. The lowest BCUT2D eigenvalue weighted by molar-refractivity contribution is 0.0350. The molecule has 96 valence electrons. The topological polar surface area (TPSA) is 38.5 Å². The molecular formula is C12H19BrN2OS. The first kappa shape index (κ1) is 13.5. The molecule has 1 aromatic heterocycles. The summed E-state index contributed by atoms with van der Waals surface area (Å²) in [4.78, 5) is 3.67. The summed E-state index contributed by atoms with van der Waals surface area (Å²) in [5, 5.41) is 2.12. The SMILES string of the molecule is CN(Cc1cc(Br)cs1)C(CN)C1CCCO1. The molecule has 2 rings (SSSR count). The van der Waals surface area contributed by atoms with Crippen LogP contribution in [0.4, 0.5) is 0 Å². The van der Waals surface area contributed by atoms with Crippen LogP contribution >= 0.6 is 27.3 Å². The zero-order valence-corrected chi connectivity index (χ0v) is 12.5. The van der Waals surface area contributed by atoms with Crippen molar-refractivity contribution in [1.82, 2.24) is 4.90 Å². The minimum atomic E-state index is 0.313. The molecule has 17 heavy (non-hydrogen) atoms. The van der Waals surface area contributed by atoms with E-state index in [-0.39, 0.29) is 0 Å². The number of halogens is 1. The van der Waals surface area contributed by atoms with Crippen molar-refractivity contribution < 1.29 is 4.74 Å². The molecule has 1 aliphatic rings. The van der Waals surface area contributed by atoms with Crippen molar-refractivity contribution in [2.75, 3.05) is 20.2 Å². The predicted octanol–water partition coefficient (Wildman–Crippen LogP) is 2.45. The standard InChI is InChI=1S/C12H19BrN2OS/c1-15(7-10-5-9(13)8-17-10)11(6-14)12-3-2-4-16-12/h5,8,11-12H,2-4,6-7,14H2,1H3. The van der Waals surface area contributed by atoms with Gasteiger partial charge in [-0.25, -0.2) is 0 Å². The highest BCUT2D eigenvalue weighted by Gasteiger charge is 2.28. The molecule has 0 radical (unpaired) electrons. The van der Waals surface area contributed by atoms with E-state index in [1.807, 2.05) is 0 Å². The molecule has 0 saturated carbocycles. The lowest BCUT2D eigenvalue weighted by atomic mass is 10.1. The number of ether oxygens (including phenoxy) is 1. The lowest BCUT2D eigenvalue weighted by Gasteiger charge is -2.30. The van der Waals surface area contributed by atoms with E-state index in [1.54, 1.807) is 11.3 Å². The number of nitrogens with two attached hydrogens (primary N) is 1. The van der Waals surface area contributed by atoms with Crippen molar-refractivity contribution in [3.8, 4) is 0 Å². The first-order chi connectivity index (χ1) is 8.20. The summed E-state index contributed by atoms with van der Waals surface area (Å²) in [7, 11) is 2.13. The first-order valence-corrected chi connectivity index (χ1v) is 7.63. The van der Waals surface area contributed by atoms with Crippen molar-refractivity contribution >= 4 is 27.3 Å². The third kappa shape index (κ3) is 3.51. The molecule has 1 fully saturated rings. The van der Waals surface area contributed by atoms with E-state index in [1.165, 1.54) is 11.3 Å². The van der Waals surface area contributed by atoms with Gasteiger partial charge in [0.15, 0.2) is 0 Å². The van der Waals surface area contributed by atoms with Crippen molar-refractivity contribution in [3.63, 3.8) is 0 Å². The van der Waals surface area contributed by atoms with E-state index in [9.17, 15) is 0 Å². The Morgan fingerprint density at radius 1 is 1.71 bits per heavy atom. The first-order valence-electron chi connectivity index (χ1n) is 5.95. The van der Waals surface area contributed by atoms with Gasteiger partial charge in [0, 0.05) is 40.5 Å². The molecule has 2 N–H and O–H groups in total. The molecule has 2 atom stereocenters. The van der Waals surface area contributed by atoms with Crippen LogP contribution in [0.25, 0.3) is 0 Å². The molecule has 1 aromatic rings. The van der Waals surface area contributed by atoms with Gasteiger partial charge in [-0.1, -0.05) is 0 Å². The van der Waals surface area contributed by atoms with Gasteiger partial charge in [-0.05, 0) is 41.9 Å². The summed E-state index contributed by atoms with van der Waals surface area (Å²) >= 11 is 5.26. The van der Waals surface area contributed by atoms with E-state index < -0.39 is 0 Å². The maximum atomic E-state index is 5.88. The Kier molecular flexibility index (Phi) is 4.99. The average molecular weight is 319 g/mol. The summed E-state index contributed by atoms with van der Waals surface area (Å²) in [6.07, 6.45) is 2.62. The highest BCUT2D eigenvalue weighted by molar-refractivity contribution is 9.10. The Bertz CT molecular complexity index is 352. The Labute approximate surface area is 115 Å².